The van der Waals surface area contributed by atoms with Gasteiger partial charge in [0.15, 0.2) is 11.5 Å². The van der Waals surface area contributed by atoms with E-state index in [1.807, 2.05) is 43.3 Å². The number of ether oxygens (including phenoxy) is 1. The number of anilines is 1. The highest BCUT2D eigenvalue weighted by molar-refractivity contribution is 6.08. The van der Waals surface area contributed by atoms with Crippen LogP contribution in [0, 0.1) is 6.92 Å². The molecule has 0 fully saturated rings. The highest BCUT2D eigenvalue weighted by atomic mass is 16.5. The number of aromatic amines is 2. The van der Waals surface area contributed by atoms with Crippen molar-refractivity contribution in [3.05, 3.63) is 59.8 Å². The normalized spacial score (nSPS) is 10.8. The van der Waals surface area contributed by atoms with Gasteiger partial charge in [-0.2, -0.15) is 5.10 Å². The quantitative estimate of drug-likeness (QED) is 0.526. The van der Waals surface area contributed by atoms with Gasteiger partial charge < -0.3 is 15.0 Å². The minimum absolute atomic E-state index is 0.265. The number of hydrogen-bond acceptors (Lipinski definition) is 4. The molecule has 0 unspecified atom stereocenters. The summed E-state index contributed by atoms with van der Waals surface area (Å²) in [6.45, 7) is 1.87. The van der Waals surface area contributed by atoms with Crippen LogP contribution in [0.2, 0.25) is 0 Å². The van der Waals surface area contributed by atoms with E-state index >= 15 is 0 Å². The lowest BCUT2D eigenvalue weighted by Crippen LogP contribution is -2.15. The van der Waals surface area contributed by atoms with E-state index in [0.29, 0.717) is 28.5 Å². The number of nitrogens with zero attached hydrogens (tertiary/aromatic N) is 2. The smallest absolute Gasteiger partial charge is 0.259 e. The Kier molecular flexibility index (Phi) is 3.89. The number of carbonyl (C=O) groups is 1. The van der Waals surface area contributed by atoms with Gasteiger partial charge in [-0.25, -0.2) is 4.98 Å². The molecule has 2 aromatic heterocycles. The third kappa shape index (κ3) is 2.69. The molecular weight excluding hydrogens is 330 g/mol. The SMILES string of the molecule is COc1cccc(C)c1C(=O)Nc1c[nH]nc1-c1nc2ccccc2[nH]1. The van der Waals surface area contributed by atoms with Crippen LogP contribution in [0.15, 0.2) is 48.7 Å². The Labute approximate surface area is 149 Å². The number of rotatable bonds is 4. The summed E-state index contributed by atoms with van der Waals surface area (Å²) < 4.78 is 5.32. The summed E-state index contributed by atoms with van der Waals surface area (Å²) in [7, 11) is 1.54. The Morgan fingerprint density at radius 2 is 2.00 bits per heavy atom. The monoisotopic (exact) mass is 347 g/mol. The van der Waals surface area contributed by atoms with Gasteiger partial charge in [-0.05, 0) is 30.7 Å². The second-order valence-electron chi connectivity index (χ2n) is 5.86. The van der Waals surface area contributed by atoms with Gasteiger partial charge in [0.05, 0.1) is 29.4 Å². The molecular formula is C19H17N5O2. The first-order valence-corrected chi connectivity index (χ1v) is 8.11. The summed E-state index contributed by atoms with van der Waals surface area (Å²) >= 11 is 0. The van der Waals surface area contributed by atoms with E-state index in [2.05, 4.69) is 25.5 Å². The van der Waals surface area contributed by atoms with Crippen molar-refractivity contribution < 1.29 is 9.53 Å². The fraction of sp³-hybridized carbons (Fsp3) is 0.105. The second-order valence-corrected chi connectivity index (χ2v) is 5.86. The standard InChI is InChI=1S/C19H17N5O2/c1-11-6-5-9-15(26-2)16(11)19(25)23-14-10-20-24-17(14)18-21-12-7-3-4-8-13(12)22-18/h3-10H,1-2H3,(H,20,24)(H,21,22)(H,23,25). The number of imidazole rings is 1. The molecule has 0 saturated heterocycles. The van der Waals surface area contributed by atoms with E-state index in [9.17, 15) is 4.79 Å². The molecule has 0 radical (unpaired) electrons. The Hall–Kier alpha value is -3.61. The van der Waals surface area contributed by atoms with Crippen molar-refractivity contribution in [1.29, 1.82) is 0 Å². The van der Waals surface area contributed by atoms with E-state index in [4.69, 9.17) is 4.74 Å². The Morgan fingerprint density at radius 1 is 1.15 bits per heavy atom. The first-order chi connectivity index (χ1) is 12.7. The largest absolute Gasteiger partial charge is 0.496 e. The number of fused-ring (bicyclic) bond motifs is 1. The average Bonchev–Trinajstić information content (AvgIpc) is 3.27. The van der Waals surface area contributed by atoms with Crippen molar-refractivity contribution >= 4 is 22.6 Å². The summed E-state index contributed by atoms with van der Waals surface area (Å²) in [5, 5.41) is 9.91. The van der Waals surface area contributed by atoms with Crippen LogP contribution in [0.25, 0.3) is 22.6 Å². The van der Waals surface area contributed by atoms with Crippen molar-refractivity contribution in [1.82, 2.24) is 20.2 Å². The van der Waals surface area contributed by atoms with Crippen LogP contribution in [0.4, 0.5) is 5.69 Å². The Bertz CT molecular complexity index is 1060. The van der Waals surface area contributed by atoms with Crippen LogP contribution in [0.1, 0.15) is 15.9 Å². The molecule has 0 bridgehead atoms. The fourth-order valence-electron chi connectivity index (χ4n) is 2.92. The summed E-state index contributed by atoms with van der Waals surface area (Å²) in [6, 6.07) is 13.2. The molecule has 0 atom stereocenters. The number of carbonyl (C=O) groups excluding carboxylic acids is 1. The minimum atomic E-state index is -0.265. The molecule has 0 aliphatic rings. The lowest BCUT2D eigenvalue weighted by atomic mass is 10.1. The van der Waals surface area contributed by atoms with Crippen molar-refractivity contribution in [2.45, 2.75) is 6.92 Å². The molecule has 26 heavy (non-hydrogen) atoms. The number of aromatic nitrogens is 4. The highest BCUT2D eigenvalue weighted by Crippen LogP contribution is 2.28. The molecule has 1 amide bonds. The predicted octanol–water partition coefficient (Wildman–Crippen LogP) is 3.52. The minimum Gasteiger partial charge on any atom is -0.496 e. The van der Waals surface area contributed by atoms with Gasteiger partial charge in [0.1, 0.15) is 5.75 Å². The molecule has 0 spiro atoms. The number of aryl methyl sites for hydroxylation is 1. The van der Waals surface area contributed by atoms with Crippen LogP contribution in [-0.2, 0) is 0 Å². The number of benzene rings is 2. The number of amides is 1. The molecule has 7 nitrogen and oxygen atoms in total. The molecule has 2 aromatic carbocycles. The number of H-pyrrole nitrogens is 2. The molecule has 3 N–H and O–H groups in total. The van der Waals surface area contributed by atoms with E-state index in [1.54, 1.807) is 19.4 Å². The Balaban J connectivity index is 1.69. The summed E-state index contributed by atoms with van der Waals surface area (Å²) in [5.74, 6) is 0.842. The number of hydrogen-bond donors (Lipinski definition) is 3. The summed E-state index contributed by atoms with van der Waals surface area (Å²) in [6.07, 6.45) is 1.63. The fourth-order valence-corrected chi connectivity index (χ4v) is 2.92. The van der Waals surface area contributed by atoms with Gasteiger partial charge >= 0.3 is 0 Å². The third-order valence-corrected chi connectivity index (χ3v) is 4.18. The summed E-state index contributed by atoms with van der Waals surface area (Å²) in [4.78, 5) is 20.6. The first-order valence-electron chi connectivity index (χ1n) is 8.11. The van der Waals surface area contributed by atoms with Crippen molar-refractivity contribution in [2.24, 2.45) is 0 Å². The predicted molar refractivity (Wildman–Crippen MR) is 99.4 cm³/mol. The molecule has 0 aliphatic carbocycles. The van der Waals surface area contributed by atoms with E-state index in [1.165, 1.54) is 0 Å². The van der Waals surface area contributed by atoms with E-state index < -0.39 is 0 Å². The van der Waals surface area contributed by atoms with E-state index in [0.717, 1.165) is 16.6 Å². The Morgan fingerprint density at radius 3 is 2.81 bits per heavy atom. The van der Waals surface area contributed by atoms with Crippen LogP contribution >= 0.6 is 0 Å². The zero-order valence-electron chi connectivity index (χ0n) is 14.3. The van der Waals surface area contributed by atoms with Crippen LogP contribution in [0.3, 0.4) is 0 Å². The lowest BCUT2D eigenvalue weighted by molar-refractivity contribution is 0.102. The molecule has 0 saturated carbocycles. The van der Waals surface area contributed by atoms with Gasteiger partial charge in [-0.1, -0.05) is 24.3 Å². The molecule has 4 aromatic rings. The van der Waals surface area contributed by atoms with Crippen molar-refractivity contribution in [3.63, 3.8) is 0 Å². The first kappa shape index (κ1) is 15.9. The second kappa shape index (κ2) is 6.36. The summed E-state index contributed by atoms with van der Waals surface area (Å²) in [5.41, 5.74) is 4.15. The van der Waals surface area contributed by atoms with Gasteiger partial charge in [0, 0.05) is 6.20 Å². The van der Waals surface area contributed by atoms with Gasteiger partial charge in [0.2, 0.25) is 0 Å². The van der Waals surface area contributed by atoms with Gasteiger partial charge in [0.25, 0.3) is 5.91 Å². The number of nitrogens with one attached hydrogen (secondary N) is 3. The maximum absolute atomic E-state index is 12.8. The molecule has 4 rings (SSSR count). The number of para-hydroxylation sites is 2. The molecule has 2 heterocycles. The lowest BCUT2D eigenvalue weighted by Gasteiger charge is -2.11. The van der Waals surface area contributed by atoms with Crippen LogP contribution in [-0.4, -0.2) is 33.2 Å². The van der Waals surface area contributed by atoms with Crippen LogP contribution in [0.5, 0.6) is 5.75 Å². The maximum atomic E-state index is 12.8. The zero-order valence-corrected chi connectivity index (χ0v) is 14.3. The topological polar surface area (TPSA) is 95.7 Å². The average molecular weight is 347 g/mol. The highest BCUT2D eigenvalue weighted by Gasteiger charge is 2.19. The molecule has 0 aliphatic heterocycles. The number of methoxy groups -OCH3 is 1. The third-order valence-electron chi connectivity index (χ3n) is 4.18. The maximum Gasteiger partial charge on any atom is 0.259 e. The van der Waals surface area contributed by atoms with E-state index in [-0.39, 0.29) is 5.91 Å². The van der Waals surface area contributed by atoms with Crippen molar-refractivity contribution in [3.8, 4) is 17.3 Å². The van der Waals surface area contributed by atoms with Crippen LogP contribution < -0.4 is 10.1 Å². The molecule has 7 heteroatoms. The molecule has 130 valence electrons. The van der Waals surface area contributed by atoms with Gasteiger partial charge in [-0.15, -0.1) is 0 Å². The van der Waals surface area contributed by atoms with Crippen molar-refractivity contribution in [2.75, 3.05) is 12.4 Å². The van der Waals surface area contributed by atoms with Gasteiger partial charge in [-0.3, -0.25) is 9.89 Å². The zero-order chi connectivity index (χ0) is 18.1.